The molecule has 0 heterocycles. The van der Waals surface area contributed by atoms with E-state index in [0.29, 0.717) is 16.8 Å². The summed E-state index contributed by atoms with van der Waals surface area (Å²) >= 11 is 8.19. The molecule has 0 bridgehead atoms. The number of thiocarbonyl (C=S) groups is 1. The van der Waals surface area contributed by atoms with E-state index in [1.165, 1.54) is 6.07 Å². The third kappa shape index (κ3) is 3.81. The number of sulfonamides is 1. The molecule has 0 aliphatic heterocycles. The smallest absolute Gasteiger partial charge is 0.262 e. The second-order valence-electron chi connectivity index (χ2n) is 4.46. The summed E-state index contributed by atoms with van der Waals surface area (Å²) in [5.41, 5.74) is 7.27. The first-order valence-corrected chi connectivity index (χ1v) is 8.67. The van der Waals surface area contributed by atoms with E-state index in [4.69, 9.17) is 18.0 Å². The summed E-state index contributed by atoms with van der Waals surface area (Å²) < 4.78 is 28.2. The molecular weight excluding hydrogens is 372 g/mol. The minimum atomic E-state index is -3.65. The molecule has 4 nitrogen and oxygen atoms in total. The highest BCUT2D eigenvalue weighted by molar-refractivity contribution is 9.10. The summed E-state index contributed by atoms with van der Waals surface area (Å²) in [4.78, 5) is 0.438. The molecule has 2 aromatic rings. The quantitative estimate of drug-likeness (QED) is 0.793. The molecule has 3 N–H and O–H groups in total. The van der Waals surface area contributed by atoms with Crippen molar-refractivity contribution in [3.05, 3.63) is 58.1 Å². The molecule has 0 radical (unpaired) electrons. The number of aryl methyl sites for hydroxylation is 1. The van der Waals surface area contributed by atoms with Crippen LogP contribution in [0.4, 0.5) is 5.69 Å². The van der Waals surface area contributed by atoms with Crippen molar-refractivity contribution in [1.82, 2.24) is 0 Å². The van der Waals surface area contributed by atoms with E-state index in [1.807, 2.05) is 0 Å². The maximum Gasteiger partial charge on any atom is 0.262 e. The van der Waals surface area contributed by atoms with Crippen LogP contribution >= 0.6 is 28.1 Å². The molecule has 110 valence electrons. The van der Waals surface area contributed by atoms with Crippen molar-refractivity contribution in [3.8, 4) is 0 Å². The summed E-state index contributed by atoms with van der Waals surface area (Å²) in [6.07, 6.45) is 0. The number of rotatable bonds is 4. The zero-order valence-electron chi connectivity index (χ0n) is 11.1. The van der Waals surface area contributed by atoms with Gasteiger partial charge in [0, 0.05) is 15.7 Å². The first-order valence-electron chi connectivity index (χ1n) is 5.98. The van der Waals surface area contributed by atoms with E-state index < -0.39 is 10.0 Å². The van der Waals surface area contributed by atoms with E-state index in [-0.39, 0.29) is 9.88 Å². The lowest BCUT2D eigenvalue weighted by Crippen LogP contribution is -2.15. The third-order valence-electron chi connectivity index (χ3n) is 2.85. The molecule has 0 amide bonds. The van der Waals surface area contributed by atoms with Crippen LogP contribution in [-0.2, 0) is 10.0 Å². The van der Waals surface area contributed by atoms with Crippen molar-refractivity contribution in [2.45, 2.75) is 11.8 Å². The van der Waals surface area contributed by atoms with Gasteiger partial charge in [0.25, 0.3) is 10.0 Å². The molecule has 0 spiro atoms. The van der Waals surface area contributed by atoms with Crippen molar-refractivity contribution in [2.24, 2.45) is 5.73 Å². The Morgan fingerprint density at radius 3 is 2.33 bits per heavy atom. The molecule has 0 aromatic heterocycles. The maximum atomic E-state index is 12.4. The molecule has 2 rings (SSSR count). The minimum absolute atomic E-state index is 0.199. The van der Waals surface area contributed by atoms with Crippen LogP contribution in [0.15, 0.2) is 51.8 Å². The van der Waals surface area contributed by atoms with Crippen LogP contribution in [-0.4, -0.2) is 13.4 Å². The average Bonchev–Trinajstić information content (AvgIpc) is 2.40. The summed E-state index contributed by atoms with van der Waals surface area (Å²) in [7, 11) is -3.65. The monoisotopic (exact) mass is 384 g/mol. The number of nitrogens with two attached hydrogens (primary N) is 1. The molecule has 21 heavy (non-hydrogen) atoms. The normalized spacial score (nSPS) is 11.1. The minimum Gasteiger partial charge on any atom is -0.389 e. The topological polar surface area (TPSA) is 72.2 Å². The van der Waals surface area contributed by atoms with Gasteiger partial charge in [-0.25, -0.2) is 8.42 Å². The van der Waals surface area contributed by atoms with Gasteiger partial charge in [0.05, 0.1) is 4.90 Å². The Morgan fingerprint density at radius 2 is 1.81 bits per heavy atom. The number of anilines is 1. The molecule has 0 unspecified atom stereocenters. The van der Waals surface area contributed by atoms with Crippen LogP contribution in [0.2, 0.25) is 0 Å². The van der Waals surface area contributed by atoms with Gasteiger partial charge in [-0.3, -0.25) is 4.72 Å². The second-order valence-corrected chi connectivity index (χ2v) is 7.46. The third-order valence-corrected chi connectivity index (χ3v) is 5.15. The fourth-order valence-corrected chi connectivity index (χ4v) is 3.51. The van der Waals surface area contributed by atoms with Gasteiger partial charge in [-0.1, -0.05) is 34.2 Å². The van der Waals surface area contributed by atoms with Gasteiger partial charge >= 0.3 is 0 Å². The van der Waals surface area contributed by atoms with Crippen molar-refractivity contribution < 1.29 is 8.42 Å². The SMILES string of the molecule is Cc1cc(C(N)=S)ccc1S(=O)(=O)Nc1ccc(Br)cc1. The van der Waals surface area contributed by atoms with E-state index in [1.54, 1.807) is 43.3 Å². The molecule has 0 aliphatic rings. The van der Waals surface area contributed by atoms with E-state index in [9.17, 15) is 8.42 Å². The Bertz CT molecular complexity index is 787. The molecule has 2 aromatic carbocycles. The Kier molecular flexibility index (Phi) is 4.65. The number of halogens is 1. The summed E-state index contributed by atoms with van der Waals surface area (Å²) in [5, 5.41) is 0. The Hall–Kier alpha value is -1.44. The molecule has 0 fully saturated rings. The predicted molar refractivity (Wildman–Crippen MR) is 92.0 cm³/mol. The van der Waals surface area contributed by atoms with Crippen LogP contribution in [0.1, 0.15) is 11.1 Å². The molecular formula is C14H13BrN2O2S2. The van der Waals surface area contributed by atoms with Crippen molar-refractivity contribution in [3.63, 3.8) is 0 Å². The largest absolute Gasteiger partial charge is 0.389 e. The first-order chi connectivity index (χ1) is 9.79. The molecule has 0 saturated carbocycles. The average molecular weight is 385 g/mol. The van der Waals surface area contributed by atoms with Gasteiger partial charge in [0.15, 0.2) is 0 Å². The van der Waals surface area contributed by atoms with Gasteiger partial charge in [-0.05, 0) is 48.9 Å². The van der Waals surface area contributed by atoms with Crippen LogP contribution in [0.5, 0.6) is 0 Å². The van der Waals surface area contributed by atoms with Crippen LogP contribution in [0.25, 0.3) is 0 Å². The van der Waals surface area contributed by atoms with Crippen molar-refractivity contribution >= 4 is 48.8 Å². The molecule has 0 aliphatic carbocycles. The zero-order valence-corrected chi connectivity index (χ0v) is 14.3. The number of nitrogens with one attached hydrogen (secondary N) is 1. The summed E-state index contributed by atoms with van der Waals surface area (Å²) in [6, 6.07) is 11.7. The van der Waals surface area contributed by atoms with Gasteiger partial charge in [-0.15, -0.1) is 0 Å². The van der Waals surface area contributed by atoms with E-state index in [2.05, 4.69) is 20.7 Å². The van der Waals surface area contributed by atoms with Crippen LogP contribution in [0.3, 0.4) is 0 Å². The van der Waals surface area contributed by atoms with Crippen molar-refractivity contribution in [1.29, 1.82) is 0 Å². The fourth-order valence-electron chi connectivity index (χ4n) is 1.83. The molecule has 0 atom stereocenters. The Balaban J connectivity index is 2.35. The lowest BCUT2D eigenvalue weighted by Gasteiger charge is -2.11. The van der Waals surface area contributed by atoms with E-state index >= 15 is 0 Å². The predicted octanol–water partition coefficient (Wildman–Crippen LogP) is 3.19. The number of benzene rings is 2. The van der Waals surface area contributed by atoms with Crippen LogP contribution in [0, 0.1) is 6.92 Å². The Morgan fingerprint density at radius 1 is 1.19 bits per heavy atom. The standard InChI is InChI=1S/C14H13BrN2O2S2/c1-9-8-10(14(16)20)2-7-13(9)21(18,19)17-12-5-3-11(15)4-6-12/h2-8,17H,1H3,(H2,16,20). The zero-order chi connectivity index (χ0) is 15.6. The molecule has 0 saturated heterocycles. The highest BCUT2D eigenvalue weighted by Crippen LogP contribution is 2.21. The van der Waals surface area contributed by atoms with Crippen LogP contribution < -0.4 is 10.5 Å². The highest BCUT2D eigenvalue weighted by Gasteiger charge is 2.17. The van der Waals surface area contributed by atoms with E-state index in [0.717, 1.165) is 4.47 Å². The highest BCUT2D eigenvalue weighted by atomic mass is 79.9. The molecule has 7 heteroatoms. The fraction of sp³-hybridized carbons (Fsp3) is 0.0714. The van der Waals surface area contributed by atoms with Gasteiger partial charge in [0.2, 0.25) is 0 Å². The summed E-state index contributed by atoms with van der Waals surface area (Å²) in [6.45, 7) is 1.71. The second kappa shape index (κ2) is 6.13. The first kappa shape index (κ1) is 15.9. The van der Waals surface area contributed by atoms with Gasteiger partial charge in [0.1, 0.15) is 4.99 Å². The summed E-state index contributed by atoms with van der Waals surface area (Å²) in [5.74, 6) is 0. The number of hydrogen-bond acceptors (Lipinski definition) is 3. The van der Waals surface area contributed by atoms with Gasteiger partial charge < -0.3 is 5.73 Å². The lowest BCUT2D eigenvalue weighted by molar-refractivity contribution is 0.600. The van der Waals surface area contributed by atoms with Gasteiger partial charge in [-0.2, -0.15) is 0 Å². The van der Waals surface area contributed by atoms with Crippen molar-refractivity contribution in [2.75, 3.05) is 4.72 Å². The lowest BCUT2D eigenvalue weighted by atomic mass is 10.1. The maximum absolute atomic E-state index is 12.4. The Labute approximate surface area is 137 Å². The number of hydrogen-bond donors (Lipinski definition) is 2.